The van der Waals surface area contributed by atoms with Gasteiger partial charge in [-0.15, -0.1) is 0 Å². The molecule has 0 atom stereocenters. The number of hydrogen-bond acceptors (Lipinski definition) is 4. The van der Waals surface area contributed by atoms with Gasteiger partial charge in [0.1, 0.15) is 5.75 Å². The second-order valence-electron chi connectivity index (χ2n) is 4.43. The molecule has 2 aromatic carbocycles. The normalized spacial score (nSPS) is 10.5. The zero-order chi connectivity index (χ0) is 15.8. The van der Waals surface area contributed by atoms with Gasteiger partial charge in [0, 0.05) is 10.7 Å². The van der Waals surface area contributed by atoms with Crippen molar-refractivity contribution in [1.82, 2.24) is 5.43 Å². The van der Waals surface area contributed by atoms with Gasteiger partial charge in [0.2, 0.25) is 0 Å². The lowest BCUT2D eigenvalue weighted by atomic mass is 10.2. The van der Waals surface area contributed by atoms with Crippen molar-refractivity contribution in [2.75, 3.05) is 19.0 Å². The Morgan fingerprint density at radius 1 is 1.27 bits per heavy atom. The lowest BCUT2D eigenvalue weighted by Gasteiger charge is -2.05. The van der Waals surface area contributed by atoms with Gasteiger partial charge in [0.05, 0.1) is 19.9 Å². The molecule has 0 unspecified atom stereocenters. The minimum atomic E-state index is -0.251. The van der Waals surface area contributed by atoms with Gasteiger partial charge in [-0.1, -0.05) is 29.8 Å². The summed E-state index contributed by atoms with van der Waals surface area (Å²) in [4.78, 5) is 11.7. The summed E-state index contributed by atoms with van der Waals surface area (Å²) in [6.45, 7) is 0.107. The number of ether oxygens (including phenoxy) is 1. The number of carbonyl (C=O) groups excluding carboxylic acids is 1. The number of methoxy groups -OCH3 is 1. The number of hydrazone groups is 1. The smallest absolute Gasteiger partial charge is 0.259 e. The lowest BCUT2D eigenvalue weighted by Crippen LogP contribution is -2.25. The molecular formula is C16H16ClN3O2. The van der Waals surface area contributed by atoms with Crippen LogP contribution in [0.1, 0.15) is 5.56 Å². The van der Waals surface area contributed by atoms with Crippen LogP contribution in [-0.4, -0.2) is 25.8 Å². The first-order chi connectivity index (χ1) is 10.7. The van der Waals surface area contributed by atoms with E-state index in [1.54, 1.807) is 25.5 Å². The van der Waals surface area contributed by atoms with E-state index in [4.69, 9.17) is 16.3 Å². The number of carbonyl (C=O) groups is 1. The van der Waals surface area contributed by atoms with Crippen molar-refractivity contribution in [2.24, 2.45) is 5.10 Å². The topological polar surface area (TPSA) is 62.7 Å². The fourth-order valence-corrected chi connectivity index (χ4v) is 1.91. The third-order valence-corrected chi connectivity index (χ3v) is 3.01. The summed E-state index contributed by atoms with van der Waals surface area (Å²) in [6, 6.07) is 14.5. The zero-order valence-corrected chi connectivity index (χ0v) is 12.8. The fraction of sp³-hybridized carbons (Fsp3) is 0.125. The van der Waals surface area contributed by atoms with Crippen LogP contribution < -0.4 is 15.5 Å². The molecule has 0 aliphatic rings. The summed E-state index contributed by atoms with van der Waals surface area (Å²) in [5, 5.41) is 7.47. The zero-order valence-electron chi connectivity index (χ0n) is 12.0. The van der Waals surface area contributed by atoms with Crippen LogP contribution in [0.2, 0.25) is 5.02 Å². The van der Waals surface area contributed by atoms with Crippen molar-refractivity contribution in [3.8, 4) is 5.75 Å². The molecule has 0 aliphatic carbocycles. The minimum absolute atomic E-state index is 0.107. The molecule has 2 N–H and O–H groups in total. The van der Waals surface area contributed by atoms with E-state index in [1.165, 1.54) is 0 Å². The molecule has 22 heavy (non-hydrogen) atoms. The Morgan fingerprint density at radius 2 is 2.09 bits per heavy atom. The van der Waals surface area contributed by atoms with Crippen LogP contribution in [0.25, 0.3) is 0 Å². The molecule has 114 valence electrons. The van der Waals surface area contributed by atoms with E-state index >= 15 is 0 Å². The highest BCUT2D eigenvalue weighted by Crippen LogP contribution is 2.14. The molecule has 0 saturated heterocycles. The van der Waals surface area contributed by atoms with Gasteiger partial charge in [0.25, 0.3) is 5.91 Å². The molecule has 2 rings (SSSR count). The van der Waals surface area contributed by atoms with E-state index in [-0.39, 0.29) is 12.5 Å². The molecule has 0 radical (unpaired) electrons. The maximum absolute atomic E-state index is 11.7. The largest absolute Gasteiger partial charge is 0.497 e. The second kappa shape index (κ2) is 8.05. The summed E-state index contributed by atoms with van der Waals surface area (Å²) in [6.07, 6.45) is 1.56. The first kappa shape index (κ1) is 15.9. The molecular weight excluding hydrogens is 302 g/mol. The Balaban J connectivity index is 1.81. The van der Waals surface area contributed by atoms with Gasteiger partial charge in [-0.25, -0.2) is 5.43 Å². The van der Waals surface area contributed by atoms with Crippen LogP contribution in [0.5, 0.6) is 5.75 Å². The lowest BCUT2D eigenvalue weighted by molar-refractivity contribution is -0.119. The number of hydrogen-bond donors (Lipinski definition) is 2. The first-order valence-corrected chi connectivity index (χ1v) is 7.00. The maximum Gasteiger partial charge on any atom is 0.259 e. The van der Waals surface area contributed by atoms with Crippen molar-refractivity contribution in [3.05, 3.63) is 59.1 Å². The first-order valence-electron chi connectivity index (χ1n) is 6.63. The van der Waals surface area contributed by atoms with Crippen LogP contribution in [0, 0.1) is 0 Å². The molecule has 6 heteroatoms. The molecule has 0 aliphatic heterocycles. The molecule has 0 heterocycles. The molecule has 0 aromatic heterocycles. The van der Waals surface area contributed by atoms with Gasteiger partial charge >= 0.3 is 0 Å². The van der Waals surface area contributed by atoms with Crippen LogP contribution in [-0.2, 0) is 4.79 Å². The van der Waals surface area contributed by atoms with E-state index < -0.39 is 0 Å². The highest BCUT2D eigenvalue weighted by Gasteiger charge is 2.00. The second-order valence-corrected chi connectivity index (χ2v) is 4.87. The van der Waals surface area contributed by atoms with Crippen molar-refractivity contribution in [1.29, 1.82) is 0 Å². The summed E-state index contributed by atoms with van der Waals surface area (Å²) >= 11 is 5.86. The third-order valence-electron chi connectivity index (χ3n) is 2.77. The van der Waals surface area contributed by atoms with E-state index in [9.17, 15) is 4.79 Å². The Labute approximate surface area is 133 Å². The minimum Gasteiger partial charge on any atom is -0.497 e. The number of amides is 1. The Morgan fingerprint density at radius 3 is 2.86 bits per heavy atom. The van der Waals surface area contributed by atoms with Crippen LogP contribution in [0.15, 0.2) is 53.6 Å². The van der Waals surface area contributed by atoms with Gasteiger partial charge < -0.3 is 10.1 Å². The average Bonchev–Trinajstić information content (AvgIpc) is 2.53. The monoisotopic (exact) mass is 317 g/mol. The molecule has 0 bridgehead atoms. The van der Waals surface area contributed by atoms with E-state index in [2.05, 4.69) is 15.8 Å². The van der Waals surface area contributed by atoms with Gasteiger partial charge in [-0.05, 0) is 35.9 Å². The van der Waals surface area contributed by atoms with Crippen molar-refractivity contribution >= 4 is 29.4 Å². The van der Waals surface area contributed by atoms with E-state index in [0.29, 0.717) is 5.02 Å². The summed E-state index contributed by atoms with van der Waals surface area (Å²) in [5.74, 6) is 0.483. The van der Waals surface area contributed by atoms with Gasteiger partial charge in [-0.2, -0.15) is 5.10 Å². The third kappa shape index (κ3) is 5.10. The fourth-order valence-electron chi connectivity index (χ4n) is 1.72. The quantitative estimate of drug-likeness (QED) is 0.636. The van der Waals surface area contributed by atoms with Gasteiger partial charge in [-0.3, -0.25) is 4.79 Å². The standard InChI is InChI=1S/C16H16ClN3O2/c1-22-15-7-2-4-12(8-15)10-19-20-16(21)11-18-14-6-3-5-13(17)9-14/h2-10,18H,11H2,1H3,(H,20,21). The highest BCUT2D eigenvalue weighted by atomic mass is 35.5. The summed E-state index contributed by atoms with van der Waals surface area (Å²) < 4.78 is 5.11. The molecule has 5 nitrogen and oxygen atoms in total. The predicted molar refractivity (Wildman–Crippen MR) is 88.7 cm³/mol. The predicted octanol–water partition coefficient (Wildman–Crippen LogP) is 2.91. The van der Waals surface area contributed by atoms with Crippen LogP contribution in [0.4, 0.5) is 5.69 Å². The van der Waals surface area contributed by atoms with Crippen LogP contribution >= 0.6 is 11.6 Å². The molecule has 0 spiro atoms. The molecule has 0 saturated carbocycles. The summed E-state index contributed by atoms with van der Waals surface area (Å²) in [5.41, 5.74) is 4.06. The number of halogens is 1. The number of nitrogens with one attached hydrogen (secondary N) is 2. The van der Waals surface area contributed by atoms with E-state index in [0.717, 1.165) is 17.0 Å². The maximum atomic E-state index is 11.7. The van der Waals surface area contributed by atoms with Gasteiger partial charge in [0.15, 0.2) is 0 Å². The van der Waals surface area contributed by atoms with Crippen molar-refractivity contribution in [3.63, 3.8) is 0 Å². The molecule has 0 fully saturated rings. The highest BCUT2D eigenvalue weighted by molar-refractivity contribution is 6.30. The number of rotatable bonds is 6. The van der Waals surface area contributed by atoms with Crippen LogP contribution in [0.3, 0.4) is 0 Å². The molecule has 1 amide bonds. The Kier molecular flexibility index (Phi) is 5.80. The van der Waals surface area contributed by atoms with E-state index in [1.807, 2.05) is 36.4 Å². The SMILES string of the molecule is COc1cccc(C=NNC(=O)CNc2cccc(Cl)c2)c1. The molecule has 2 aromatic rings. The Hall–Kier alpha value is -2.53. The van der Waals surface area contributed by atoms with Crippen molar-refractivity contribution < 1.29 is 9.53 Å². The number of anilines is 1. The average molecular weight is 318 g/mol. The number of benzene rings is 2. The summed E-state index contributed by atoms with van der Waals surface area (Å²) in [7, 11) is 1.60. The number of nitrogens with zero attached hydrogens (tertiary/aromatic N) is 1. The Bertz CT molecular complexity index is 674. The van der Waals surface area contributed by atoms with Crippen molar-refractivity contribution in [2.45, 2.75) is 0 Å².